The van der Waals surface area contributed by atoms with Gasteiger partial charge in [0.15, 0.2) is 0 Å². The fourth-order valence-electron chi connectivity index (χ4n) is 3.74. The van der Waals surface area contributed by atoms with Crippen LogP contribution in [0.2, 0.25) is 0 Å². The maximum atomic E-state index is 12.9. The smallest absolute Gasteiger partial charge is 0.282 e. The minimum atomic E-state index is -3.45. The number of ether oxygens (including phenoxy) is 1. The highest BCUT2D eigenvalue weighted by molar-refractivity contribution is 7.86. The summed E-state index contributed by atoms with van der Waals surface area (Å²) in [7, 11) is -1.91. The fraction of sp³-hybridized carbons (Fsp3) is 0.600. The molecule has 10 heteroatoms. The molecule has 1 aromatic rings. The summed E-state index contributed by atoms with van der Waals surface area (Å²) in [4.78, 5) is 26.3. The van der Waals surface area contributed by atoms with E-state index in [4.69, 9.17) is 4.74 Å². The monoisotopic (exact) mass is 438 g/mol. The number of carbonyl (C=O) groups is 2. The predicted octanol–water partition coefficient (Wildman–Crippen LogP) is 0.690. The van der Waals surface area contributed by atoms with Crippen LogP contribution in [0.4, 0.5) is 0 Å². The summed E-state index contributed by atoms with van der Waals surface area (Å²) in [5.41, 5.74) is 0.373. The van der Waals surface area contributed by atoms with E-state index in [-0.39, 0.29) is 6.54 Å². The zero-order chi connectivity index (χ0) is 21.6. The highest BCUT2D eigenvalue weighted by Gasteiger charge is 2.32. The van der Waals surface area contributed by atoms with Gasteiger partial charge in [0.25, 0.3) is 16.1 Å². The molecule has 0 aliphatic carbocycles. The molecule has 9 nitrogen and oxygen atoms in total. The molecule has 0 spiro atoms. The van der Waals surface area contributed by atoms with Crippen molar-refractivity contribution in [3.05, 3.63) is 29.8 Å². The number of rotatable bonds is 6. The Labute approximate surface area is 178 Å². The van der Waals surface area contributed by atoms with E-state index < -0.39 is 22.0 Å². The quantitative estimate of drug-likeness (QED) is 0.702. The fourth-order valence-corrected chi connectivity index (χ4v) is 5.41. The molecule has 2 fully saturated rings. The number of imide groups is 1. The Hall–Kier alpha value is -2.01. The van der Waals surface area contributed by atoms with Gasteiger partial charge in [0, 0.05) is 44.8 Å². The molecule has 2 aliphatic heterocycles. The molecule has 2 aliphatic rings. The number of benzene rings is 1. The van der Waals surface area contributed by atoms with Crippen molar-refractivity contribution in [1.82, 2.24) is 18.8 Å². The van der Waals surface area contributed by atoms with Gasteiger partial charge in [0.05, 0.1) is 13.7 Å². The normalized spacial score (nSPS) is 19.8. The molecule has 2 saturated heterocycles. The van der Waals surface area contributed by atoms with Crippen molar-refractivity contribution in [2.45, 2.75) is 25.7 Å². The molecule has 0 bridgehead atoms. The van der Waals surface area contributed by atoms with Crippen LogP contribution in [0.5, 0.6) is 5.75 Å². The van der Waals surface area contributed by atoms with Crippen molar-refractivity contribution in [2.24, 2.45) is 0 Å². The second-order valence-electron chi connectivity index (χ2n) is 7.60. The highest BCUT2D eigenvalue weighted by atomic mass is 32.2. The number of nitrogens with zero attached hydrogens (tertiary/aromatic N) is 3. The standard InChI is InChI=1S/C20H30N4O5S/c1-29-18-8-6-17(7-9-18)20(26)21-19(25)16-22-12-14-24(15-13-22)30(27,28)23-10-4-2-3-5-11-23/h6-9H,2-5,10-16H2,1H3,(H,21,25,26). The van der Waals surface area contributed by atoms with Gasteiger partial charge in [-0.2, -0.15) is 17.0 Å². The SMILES string of the molecule is COc1ccc(C(=O)NC(=O)CN2CCN(S(=O)(=O)N3CCCCCC3)CC2)cc1. The van der Waals surface area contributed by atoms with Crippen molar-refractivity contribution in [2.75, 3.05) is 52.9 Å². The lowest BCUT2D eigenvalue weighted by molar-refractivity contribution is -0.121. The van der Waals surface area contributed by atoms with Crippen molar-refractivity contribution in [1.29, 1.82) is 0 Å². The Morgan fingerprint density at radius 1 is 0.900 bits per heavy atom. The lowest BCUT2D eigenvalue weighted by Crippen LogP contribution is -2.54. The average molecular weight is 439 g/mol. The number of hydrogen-bond donors (Lipinski definition) is 1. The number of piperazine rings is 1. The maximum Gasteiger partial charge on any atom is 0.282 e. The third-order valence-corrected chi connectivity index (χ3v) is 7.56. The summed E-state index contributed by atoms with van der Waals surface area (Å²) in [6, 6.07) is 6.49. The third kappa shape index (κ3) is 5.78. The van der Waals surface area contributed by atoms with Gasteiger partial charge in [-0.25, -0.2) is 0 Å². The van der Waals surface area contributed by atoms with E-state index >= 15 is 0 Å². The largest absolute Gasteiger partial charge is 0.497 e. The first-order chi connectivity index (χ1) is 14.4. The molecular weight excluding hydrogens is 408 g/mol. The van der Waals surface area contributed by atoms with Gasteiger partial charge in [-0.05, 0) is 37.1 Å². The van der Waals surface area contributed by atoms with Gasteiger partial charge in [0.2, 0.25) is 5.91 Å². The van der Waals surface area contributed by atoms with Gasteiger partial charge >= 0.3 is 0 Å². The third-order valence-electron chi connectivity index (χ3n) is 5.52. The molecule has 0 saturated carbocycles. The van der Waals surface area contributed by atoms with Gasteiger partial charge in [-0.15, -0.1) is 0 Å². The molecule has 1 aromatic carbocycles. The first kappa shape index (κ1) is 22.7. The summed E-state index contributed by atoms with van der Waals surface area (Å²) in [6.45, 7) is 2.82. The number of methoxy groups -OCH3 is 1. The summed E-state index contributed by atoms with van der Waals surface area (Å²) in [6.07, 6.45) is 3.96. The molecule has 0 unspecified atom stereocenters. The van der Waals surface area contributed by atoms with Gasteiger partial charge in [-0.1, -0.05) is 12.8 Å². The lowest BCUT2D eigenvalue weighted by Gasteiger charge is -2.36. The minimum absolute atomic E-state index is 0.0551. The van der Waals surface area contributed by atoms with Crippen LogP contribution in [-0.4, -0.2) is 86.7 Å². The van der Waals surface area contributed by atoms with E-state index in [0.29, 0.717) is 50.6 Å². The molecule has 2 heterocycles. The average Bonchev–Trinajstić information content (AvgIpc) is 3.04. The maximum absolute atomic E-state index is 12.9. The topological polar surface area (TPSA) is 99.3 Å². The summed E-state index contributed by atoms with van der Waals surface area (Å²) >= 11 is 0. The van der Waals surface area contributed by atoms with Gasteiger partial charge in [0.1, 0.15) is 5.75 Å². The van der Waals surface area contributed by atoms with Crippen LogP contribution in [0.25, 0.3) is 0 Å². The van der Waals surface area contributed by atoms with Crippen molar-refractivity contribution >= 4 is 22.0 Å². The molecular formula is C20H30N4O5S. The van der Waals surface area contributed by atoms with Crippen LogP contribution in [0, 0.1) is 0 Å². The zero-order valence-electron chi connectivity index (χ0n) is 17.4. The molecule has 2 amide bonds. The number of amides is 2. The lowest BCUT2D eigenvalue weighted by atomic mass is 10.2. The molecule has 1 N–H and O–H groups in total. The van der Waals surface area contributed by atoms with E-state index in [1.54, 1.807) is 28.6 Å². The minimum Gasteiger partial charge on any atom is -0.497 e. The Balaban J connectivity index is 1.46. The Morgan fingerprint density at radius 3 is 2.03 bits per heavy atom. The molecule has 0 atom stereocenters. The van der Waals surface area contributed by atoms with E-state index in [0.717, 1.165) is 25.7 Å². The Kier molecular flexibility index (Phi) is 7.81. The van der Waals surface area contributed by atoms with Crippen LogP contribution in [0.3, 0.4) is 0 Å². The van der Waals surface area contributed by atoms with Crippen LogP contribution in [0.15, 0.2) is 24.3 Å². The van der Waals surface area contributed by atoms with E-state index in [1.807, 2.05) is 4.90 Å². The Morgan fingerprint density at radius 2 is 1.47 bits per heavy atom. The predicted molar refractivity (Wildman–Crippen MR) is 112 cm³/mol. The second-order valence-corrected chi connectivity index (χ2v) is 9.53. The number of carbonyl (C=O) groups excluding carboxylic acids is 2. The zero-order valence-corrected chi connectivity index (χ0v) is 18.2. The van der Waals surface area contributed by atoms with Crippen molar-refractivity contribution in [3.63, 3.8) is 0 Å². The van der Waals surface area contributed by atoms with Gasteiger partial charge < -0.3 is 4.74 Å². The van der Waals surface area contributed by atoms with E-state index in [2.05, 4.69) is 5.32 Å². The van der Waals surface area contributed by atoms with Gasteiger partial charge in [-0.3, -0.25) is 19.8 Å². The van der Waals surface area contributed by atoms with E-state index in [9.17, 15) is 18.0 Å². The van der Waals surface area contributed by atoms with Crippen LogP contribution in [0.1, 0.15) is 36.0 Å². The van der Waals surface area contributed by atoms with Crippen molar-refractivity contribution < 1.29 is 22.7 Å². The van der Waals surface area contributed by atoms with Crippen LogP contribution >= 0.6 is 0 Å². The van der Waals surface area contributed by atoms with Crippen LogP contribution < -0.4 is 10.1 Å². The van der Waals surface area contributed by atoms with E-state index in [1.165, 1.54) is 11.4 Å². The molecule has 0 aromatic heterocycles. The molecule has 3 rings (SSSR count). The summed E-state index contributed by atoms with van der Waals surface area (Å²) in [5, 5.41) is 2.38. The highest BCUT2D eigenvalue weighted by Crippen LogP contribution is 2.18. The second kappa shape index (κ2) is 10.3. The molecule has 0 radical (unpaired) electrons. The van der Waals surface area contributed by atoms with Crippen LogP contribution in [-0.2, 0) is 15.0 Å². The summed E-state index contributed by atoms with van der Waals surface area (Å²) in [5.74, 6) is -0.240. The number of hydrogen-bond acceptors (Lipinski definition) is 6. The summed E-state index contributed by atoms with van der Waals surface area (Å²) < 4.78 is 33.9. The Bertz CT molecular complexity index is 827. The first-order valence-corrected chi connectivity index (χ1v) is 11.8. The first-order valence-electron chi connectivity index (χ1n) is 10.4. The van der Waals surface area contributed by atoms with Crippen molar-refractivity contribution in [3.8, 4) is 5.75 Å². The molecule has 166 valence electrons. The molecule has 30 heavy (non-hydrogen) atoms. The number of nitrogens with one attached hydrogen (secondary N) is 1.